The summed E-state index contributed by atoms with van der Waals surface area (Å²) in [6, 6.07) is 3.33. The molecule has 0 bridgehead atoms. The Kier molecular flexibility index (Phi) is 5.08. The van der Waals surface area contributed by atoms with E-state index in [0.29, 0.717) is 28.4 Å². The number of hydrogen-bond donors (Lipinski definition) is 0. The maximum absolute atomic E-state index is 12.2. The molecule has 0 unspecified atom stereocenters. The van der Waals surface area contributed by atoms with Crippen LogP contribution in [0.4, 0.5) is 0 Å². The molecule has 0 spiro atoms. The Morgan fingerprint density at radius 2 is 1.42 bits per heavy atom. The van der Waals surface area contributed by atoms with E-state index in [1.54, 1.807) is 12.1 Å². The molecule has 0 heterocycles. The summed E-state index contributed by atoms with van der Waals surface area (Å²) in [5.74, 6) is 0.540. The molecule has 24 heavy (non-hydrogen) atoms. The minimum atomic E-state index is -0.388. The fourth-order valence-corrected chi connectivity index (χ4v) is 2.35. The number of ether oxygens (including phenoxy) is 4. The van der Waals surface area contributed by atoms with Gasteiger partial charge in [-0.3, -0.25) is 9.59 Å². The number of methoxy groups -OCH3 is 4. The first-order valence-electron chi connectivity index (χ1n) is 7.02. The van der Waals surface area contributed by atoms with Crippen LogP contribution in [0.15, 0.2) is 42.2 Å². The number of carbonyl (C=O) groups excluding carboxylic acids is 2. The smallest absolute Gasteiger partial charge is 0.221 e. The number of carbonyl (C=O) groups is 2. The average Bonchev–Trinajstić information content (AvgIpc) is 2.61. The SMILES string of the molecule is C=C(C1=CC(=O)C(OC)=CC1=O)c1cc(OC)c(OC)c(OC)c1. The molecular formula is C18H18O6. The lowest BCUT2D eigenvalue weighted by molar-refractivity contribution is -0.117. The van der Waals surface area contributed by atoms with Gasteiger partial charge < -0.3 is 18.9 Å². The molecule has 1 aliphatic carbocycles. The molecule has 2 rings (SSSR count). The van der Waals surface area contributed by atoms with E-state index in [-0.39, 0.29) is 22.9 Å². The molecule has 0 saturated heterocycles. The molecular weight excluding hydrogens is 312 g/mol. The summed E-state index contributed by atoms with van der Waals surface area (Å²) >= 11 is 0. The van der Waals surface area contributed by atoms with Gasteiger partial charge in [-0.2, -0.15) is 0 Å². The zero-order valence-corrected chi connectivity index (χ0v) is 14.0. The standard InChI is InChI=1S/C18H18O6/c1-10(12-8-14(20)15(21-2)9-13(12)19)11-6-16(22-3)18(24-5)17(7-11)23-4/h6-9H,1H2,2-5H3. The Bertz CT molecular complexity index is 745. The predicted octanol–water partition coefficient (Wildman–Crippen LogP) is 2.33. The largest absolute Gasteiger partial charge is 0.493 e. The van der Waals surface area contributed by atoms with E-state index in [2.05, 4.69) is 6.58 Å². The van der Waals surface area contributed by atoms with Gasteiger partial charge in [-0.15, -0.1) is 0 Å². The molecule has 6 nitrogen and oxygen atoms in total. The number of hydrogen-bond acceptors (Lipinski definition) is 6. The molecule has 0 atom stereocenters. The second-order valence-corrected chi connectivity index (χ2v) is 4.89. The van der Waals surface area contributed by atoms with Crippen LogP contribution in [-0.4, -0.2) is 40.0 Å². The minimum absolute atomic E-state index is 0.00134. The molecule has 0 amide bonds. The normalized spacial score (nSPS) is 13.8. The lowest BCUT2D eigenvalue weighted by Gasteiger charge is -2.17. The van der Waals surface area contributed by atoms with Gasteiger partial charge in [0.1, 0.15) is 0 Å². The molecule has 0 radical (unpaired) electrons. The fraction of sp³-hybridized carbons (Fsp3) is 0.222. The number of rotatable bonds is 6. The van der Waals surface area contributed by atoms with Crippen molar-refractivity contribution in [3.63, 3.8) is 0 Å². The highest BCUT2D eigenvalue weighted by atomic mass is 16.5. The van der Waals surface area contributed by atoms with Crippen molar-refractivity contribution in [3.8, 4) is 17.2 Å². The molecule has 0 N–H and O–H groups in total. The van der Waals surface area contributed by atoms with Gasteiger partial charge in [0.15, 0.2) is 23.0 Å². The predicted molar refractivity (Wildman–Crippen MR) is 88.3 cm³/mol. The first kappa shape index (κ1) is 17.3. The van der Waals surface area contributed by atoms with Crippen LogP contribution in [0.1, 0.15) is 5.56 Å². The van der Waals surface area contributed by atoms with Gasteiger partial charge in [-0.05, 0) is 23.3 Å². The zero-order chi connectivity index (χ0) is 17.9. The van der Waals surface area contributed by atoms with Gasteiger partial charge in [-0.25, -0.2) is 0 Å². The first-order chi connectivity index (χ1) is 11.5. The monoisotopic (exact) mass is 330 g/mol. The summed E-state index contributed by atoms with van der Waals surface area (Å²) in [6.07, 6.45) is 2.37. The highest BCUT2D eigenvalue weighted by molar-refractivity contribution is 6.25. The first-order valence-corrected chi connectivity index (χ1v) is 7.02. The van der Waals surface area contributed by atoms with E-state index in [4.69, 9.17) is 18.9 Å². The number of allylic oxidation sites excluding steroid dienone is 4. The molecule has 0 aliphatic heterocycles. The maximum Gasteiger partial charge on any atom is 0.221 e. The Balaban J connectivity index is 2.48. The summed E-state index contributed by atoms with van der Waals surface area (Å²) in [5, 5.41) is 0. The van der Waals surface area contributed by atoms with Gasteiger partial charge in [-0.1, -0.05) is 6.58 Å². The van der Waals surface area contributed by atoms with Crippen molar-refractivity contribution in [1.82, 2.24) is 0 Å². The van der Waals surface area contributed by atoms with Crippen LogP contribution in [-0.2, 0) is 14.3 Å². The summed E-state index contributed by atoms with van der Waals surface area (Å²) in [5.41, 5.74) is 1.14. The van der Waals surface area contributed by atoms with Gasteiger partial charge in [0.05, 0.1) is 28.4 Å². The van der Waals surface area contributed by atoms with E-state index < -0.39 is 0 Å². The van der Waals surface area contributed by atoms with Crippen molar-refractivity contribution >= 4 is 17.1 Å². The summed E-state index contributed by atoms with van der Waals surface area (Å²) in [7, 11) is 5.82. The van der Waals surface area contributed by atoms with Crippen molar-refractivity contribution in [2.24, 2.45) is 0 Å². The van der Waals surface area contributed by atoms with Crippen molar-refractivity contribution in [3.05, 3.63) is 47.8 Å². The number of ketones is 2. The Hall–Kier alpha value is -3.02. The molecule has 6 heteroatoms. The van der Waals surface area contributed by atoms with E-state index >= 15 is 0 Å². The van der Waals surface area contributed by atoms with E-state index in [9.17, 15) is 9.59 Å². The topological polar surface area (TPSA) is 71.1 Å². The van der Waals surface area contributed by atoms with Crippen LogP contribution in [0.5, 0.6) is 17.2 Å². The minimum Gasteiger partial charge on any atom is -0.493 e. The van der Waals surface area contributed by atoms with Crippen molar-refractivity contribution in [2.75, 3.05) is 28.4 Å². The zero-order valence-electron chi connectivity index (χ0n) is 14.0. The lowest BCUT2D eigenvalue weighted by atomic mass is 9.91. The highest BCUT2D eigenvalue weighted by Crippen LogP contribution is 2.41. The van der Waals surface area contributed by atoms with Crippen LogP contribution in [0.2, 0.25) is 0 Å². The van der Waals surface area contributed by atoms with Crippen molar-refractivity contribution < 1.29 is 28.5 Å². The molecule has 0 saturated carbocycles. The van der Waals surface area contributed by atoms with Gasteiger partial charge in [0.25, 0.3) is 0 Å². The molecule has 0 fully saturated rings. The van der Waals surface area contributed by atoms with Gasteiger partial charge in [0.2, 0.25) is 11.5 Å². The van der Waals surface area contributed by atoms with Gasteiger partial charge >= 0.3 is 0 Å². The van der Waals surface area contributed by atoms with Crippen LogP contribution >= 0.6 is 0 Å². The van der Waals surface area contributed by atoms with E-state index in [1.807, 2.05) is 0 Å². The highest BCUT2D eigenvalue weighted by Gasteiger charge is 2.24. The molecule has 1 aromatic rings. The van der Waals surface area contributed by atoms with Crippen molar-refractivity contribution in [1.29, 1.82) is 0 Å². The van der Waals surface area contributed by atoms with Crippen LogP contribution in [0.25, 0.3) is 5.57 Å². The third-order valence-electron chi connectivity index (χ3n) is 3.60. The van der Waals surface area contributed by atoms with Crippen LogP contribution in [0.3, 0.4) is 0 Å². The van der Waals surface area contributed by atoms with Crippen LogP contribution < -0.4 is 14.2 Å². The summed E-state index contributed by atoms with van der Waals surface area (Å²) in [4.78, 5) is 24.2. The van der Waals surface area contributed by atoms with E-state index in [0.717, 1.165) is 6.08 Å². The fourth-order valence-electron chi connectivity index (χ4n) is 2.35. The third-order valence-corrected chi connectivity index (χ3v) is 3.60. The number of benzene rings is 1. The van der Waals surface area contributed by atoms with E-state index in [1.165, 1.54) is 34.5 Å². The second-order valence-electron chi connectivity index (χ2n) is 4.89. The second kappa shape index (κ2) is 7.04. The Morgan fingerprint density at radius 1 is 0.833 bits per heavy atom. The molecule has 1 aliphatic rings. The quantitative estimate of drug-likeness (QED) is 0.746. The molecule has 126 valence electrons. The molecule has 0 aromatic heterocycles. The van der Waals surface area contributed by atoms with Crippen LogP contribution in [0, 0.1) is 0 Å². The maximum atomic E-state index is 12.2. The lowest BCUT2D eigenvalue weighted by Crippen LogP contribution is -2.15. The Labute approximate surface area is 140 Å². The summed E-state index contributed by atoms with van der Waals surface area (Å²) < 4.78 is 20.7. The average molecular weight is 330 g/mol. The summed E-state index contributed by atoms with van der Waals surface area (Å²) in [6.45, 7) is 3.93. The molecule has 1 aromatic carbocycles. The third kappa shape index (κ3) is 3.03. The van der Waals surface area contributed by atoms with Gasteiger partial charge in [0, 0.05) is 17.7 Å². The van der Waals surface area contributed by atoms with Crippen molar-refractivity contribution in [2.45, 2.75) is 0 Å². The Morgan fingerprint density at radius 3 is 1.88 bits per heavy atom.